The number of fused-ring (bicyclic) bond motifs is 3. The zero-order valence-electron chi connectivity index (χ0n) is 14.3. The van der Waals surface area contributed by atoms with E-state index in [0.29, 0.717) is 19.7 Å². The third-order valence-electron chi connectivity index (χ3n) is 4.11. The van der Waals surface area contributed by atoms with Crippen LogP contribution in [-0.2, 0) is 16.1 Å². The van der Waals surface area contributed by atoms with E-state index in [0.717, 1.165) is 30.8 Å². The number of amides is 1. The quantitative estimate of drug-likeness (QED) is 0.502. The molecule has 1 atom stereocenters. The minimum absolute atomic E-state index is 0.0863. The first-order valence-electron chi connectivity index (χ1n) is 8.33. The number of ether oxygens (including phenoxy) is 1. The summed E-state index contributed by atoms with van der Waals surface area (Å²) in [6, 6.07) is 12.3. The minimum Gasteiger partial charge on any atom is -0.389 e. The van der Waals surface area contributed by atoms with Crippen molar-refractivity contribution in [3.05, 3.63) is 45.3 Å². The summed E-state index contributed by atoms with van der Waals surface area (Å²) in [6.45, 7) is 2.94. The third kappa shape index (κ3) is 4.46. The van der Waals surface area contributed by atoms with Crippen molar-refractivity contribution in [2.24, 2.45) is 0 Å². The zero-order chi connectivity index (χ0) is 18.7. The molecule has 0 saturated heterocycles. The molecule has 0 spiro atoms. The number of nitrogens with one attached hydrogen (secondary N) is 1. The second kappa shape index (κ2) is 8.52. The number of nitrogens with zero attached hydrogens (tertiary/aromatic N) is 1. The lowest BCUT2D eigenvalue weighted by atomic mass is 10.2. The molecular formula is C19H20Br2N2O3. The number of carbonyl (C=O) groups excluding carboxylic acids is 1. The van der Waals surface area contributed by atoms with Crippen molar-refractivity contribution < 1.29 is 14.6 Å². The van der Waals surface area contributed by atoms with Crippen LogP contribution in [0.5, 0.6) is 0 Å². The first-order valence-corrected chi connectivity index (χ1v) is 9.91. The lowest BCUT2D eigenvalue weighted by molar-refractivity contribution is -0.119. The number of carbonyl (C=O) groups is 1. The summed E-state index contributed by atoms with van der Waals surface area (Å²) in [5.41, 5.74) is 2.14. The SMILES string of the molecule is CC(=O)NCCOCC(O)Cn1c2ccc(Br)cc2c2cc(Br)ccc21. The summed E-state index contributed by atoms with van der Waals surface area (Å²) in [5.74, 6) is -0.0863. The molecule has 0 aliphatic rings. The van der Waals surface area contributed by atoms with Gasteiger partial charge in [-0.3, -0.25) is 4.79 Å². The van der Waals surface area contributed by atoms with Crippen LogP contribution in [0.25, 0.3) is 21.8 Å². The number of hydrogen-bond acceptors (Lipinski definition) is 3. The molecule has 3 rings (SSSR count). The van der Waals surface area contributed by atoms with E-state index in [1.54, 1.807) is 0 Å². The van der Waals surface area contributed by atoms with Gasteiger partial charge in [-0.15, -0.1) is 0 Å². The van der Waals surface area contributed by atoms with E-state index in [1.807, 2.05) is 12.1 Å². The van der Waals surface area contributed by atoms with Crippen molar-refractivity contribution >= 4 is 59.6 Å². The molecule has 0 fully saturated rings. The Morgan fingerprint density at radius 3 is 2.27 bits per heavy atom. The third-order valence-corrected chi connectivity index (χ3v) is 5.10. The summed E-state index contributed by atoms with van der Waals surface area (Å²) >= 11 is 7.07. The zero-order valence-corrected chi connectivity index (χ0v) is 17.5. The highest BCUT2D eigenvalue weighted by Crippen LogP contribution is 2.33. The molecule has 7 heteroatoms. The Labute approximate surface area is 168 Å². The van der Waals surface area contributed by atoms with E-state index in [-0.39, 0.29) is 12.5 Å². The van der Waals surface area contributed by atoms with Crippen LogP contribution in [0.3, 0.4) is 0 Å². The van der Waals surface area contributed by atoms with Crippen LogP contribution in [0.4, 0.5) is 0 Å². The van der Waals surface area contributed by atoms with Crippen molar-refractivity contribution in [1.29, 1.82) is 0 Å². The molecule has 0 aliphatic carbocycles. The van der Waals surface area contributed by atoms with Gasteiger partial charge < -0.3 is 19.7 Å². The van der Waals surface area contributed by atoms with Crippen molar-refractivity contribution in [1.82, 2.24) is 9.88 Å². The van der Waals surface area contributed by atoms with E-state index in [1.165, 1.54) is 6.92 Å². The molecule has 3 aromatic rings. The van der Waals surface area contributed by atoms with Gasteiger partial charge in [0, 0.05) is 44.2 Å². The van der Waals surface area contributed by atoms with E-state index >= 15 is 0 Å². The van der Waals surface area contributed by atoms with Crippen molar-refractivity contribution in [2.75, 3.05) is 19.8 Å². The highest BCUT2D eigenvalue weighted by atomic mass is 79.9. The summed E-state index contributed by atoms with van der Waals surface area (Å²) < 4.78 is 9.62. The molecule has 0 aliphatic heterocycles. The molecule has 138 valence electrons. The molecule has 0 saturated carbocycles. The predicted molar refractivity (Wildman–Crippen MR) is 110 cm³/mol. The fourth-order valence-corrected chi connectivity index (χ4v) is 3.75. The predicted octanol–water partition coefficient (Wildman–Crippen LogP) is 3.83. The number of hydrogen-bond donors (Lipinski definition) is 2. The summed E-state index contributed by atoms with van der Waals surface area (Å²) in [6.07, 6.45) is -0.640. The second-order valence-corrected chi connectivity index (χ2v) is 7.98. The van der Waals surface area contributed by atoms with Gasteiger partial charge in [-0.1, -0.05) is 31.9 Å². The fraction of sp³-hybridized carbons (Fsp3) is 0.316. The van der Waals surface area contributed by atoms with Crippen LogP contribution >= 0.6 is 31.9 Å². The Bertz CT molecular complexity index is 880. The van der Waals surface area contributed by atoms with Gasteiger partial charge in [-0.25, -0.2) is 0 Å². The lowest BCUT2D eigenvalue weighted by Gasteiger charge is -2.14. The van der Waals surface area contributed by atoms with Gasteiger partial charge in [-0.2, -0.15) is 0 Å². The molecule has 2 aromatic carbocycles. The van der Waals surface area contributed by atoms with Gasteiger partial charge >= 0.3 is 0 Å². The highest BCUT2D eigenvalue weighted by Gasteiger charge is 2.14. The van der Waals surface area contributed by atoms with Gasteiger partial charge in [0.2, 0.25) is 5.91 Å². The lowest BCUT2D eigenvalue weighted by Crippen LogP contribution is -2.27. The van der Waals surface area contributed by atoms with Crippen LogP contribution in [-0.4, -0.2) is 41.4 Å². The smallest absolute Gasteiger partial charge is 0.216 e. The van der Waals surface area contributed by atoms with Gasteiger partial charge in [0.1, 0.15) is 0 Å². The number of halogens is 2. The first kappa shape index (κ1) is 19.4. The van der Waals surface area contributed by atoms with Gasteiger partial charge in [0.15, 0.2) is 0 Å². The van der Waals surface area contributed by atoms with E-state index in [4.69, 9.17) is 4.74 Å². The summed E-state index contributed by atoms with van der Waals surface area (Å²) in [7, 11) is 0. The molecule has 1 amide bonds. The number of aliphatic hydroxyl groups is 1. The number of rotatable bonds is 7. The van der Waals surface area contributed by atoms with E-state index < -0.39 is 6.10 Å². The highest BCUT2D eigenvalue weighted by molar-refractivity contribution is 9.10. The summed E-state index contributed by atoms with van der Waals surface area (Å²) in [4.78, 5) is 10.8. The molecule has 1 unspecified atom stereocenters. The molecule has 0 radical (unpaired) electrons. The second-order valence-electron chi connectivity index (χ2n) is 6.15. The first-order chi connectivity index (χ1) is 12.5. The summed E-state index contributed by atoms with van der Waals surface area (Å²) in [5, 5.41) is 15.3. The average Bonchev–Trinajstić information content (AvgIpc) is 2.87. The molecule has 1 aromatic heterocycles. The molecule has 2 N–H and O–H groups in total. The molecule has 26 heavy (non-hydrogen) atoms. The Balaban J connectivity index is 1.79. The Morgan fingerprint density at radius 1 is 1.15 bits per heavy atom. The Kier molecular flexibility index (Phi) is 6.34. The maximum absolute atomic E-state index is 10.8. The number of aliphatic hydroxyl groups excluding tert-OH is 1. The topological polar surface area (TPSA) is 63.5 Å². The minimum atomic E-state index is -0.640. The van der Waals surface area contributed by atoms with Crippen LogP contribution < -0.4 is 5.32 Å². The number of aromatic nitrogens is 1. The Morgan fingerprint density at radius 2 is 1.73 bits per heavy atom. The average molecular weight is 484 g/mol. The largest absolute Gasteiger partial charge is 0.389 e. The standard InChI is InChI=1S/C19H20Br2N2O3/c1-12(24)22-6-7-26-11-15(25)10-23-18-4-2-13(20)8-16(18)17-9-14(21)3-5-19(17)23/h2-5,8-9,15,25H,6-7,10-11H2,1H3,(H,22,24). The molecule has 5 nitrogen and oxygen atoms in total. The molecular weight excluding hydrogens is 464 g/mol. The van der Waals surface area contributed by atoms with Crippen LogP contribution in [0, 0.1) is 0 Å². The van der Waals surface area contributed by atoms with Crippen LogP contribution in [0.15, 0.2) is 45.3 Å². The van der Waals surface area contributed by atoms with Gasteiger partial charge in [0.25, 0.3) is 0 Å². The van der Waals surface area contributed by atoms with Gasteiger partial charge in [0.05, 0.1) is 25.9 Å². The van der Waals surface area contributed by atoms with Crippen molar-refractivity contribution in [3.63, 3.8) is 0 Å². The maximum atomic E-state index is 10.8. The van der Waals surface area contributed by atoms with E-state index in [9.17, 15) is 9.90 Å². The monoisotopic (exact) mass is 482 g/mol. The number of benzene rings is 2. The Hall–Kier alpha value is -1.41. The van der Waals surface area contributed by atoms with Crippen LogP contribution in [0.2, 0.25) is 0 Å². The van der Waals surface area contributed by atoms with Crippen molar-refractivity contribution in [2.45, 2.75) is 19.6 Å². The maximum Gasteiger partial charge on any atom is 0.216 e. The molecule has 0 bridgehead atoms. The molecule has 1 heterocycles. The van der Waals surface area contributed by atoms with Crippen LogP contribution in [0.1, 0.15) is 6.92 Å². The normalized spacial score (nSPS) is 12.6. The fourth-order valence-electron chi connectivity index (χ4n) is 3.03. The van der Waals surface area contributed by atoms with Gasteiger partial charge in [-0.05, 0) is 36.4 Å². The van der Waals surface area contributed by atoms with E-state index in [2.05, 4.69) is 66.0 Å². The van der Waals surface area contributed by atoms with Crippen molar-refractivity contribution in [3.8, 4) is 0 Å².